The van der Waals surface area contributed by atoms with Gasteiger partial charge in [0.2, 0.25) is 0 Å². The van der Waals surface area contributed by atoms with Crippen LogP contribution in [0.4, 0.5) is 22.0 Å². The van der Waals surface area contributed by atoms with Gasteiger partial charge in [0, 0.05) is 0 Å². The van der Waals surface area contributed by atoms with Crippen LogP contribution in [-0.4, -0.2) is 6.43 Å². The van der Waals surface area contributed by atoms with E-state index < -0.39 is 23.9 Å². The molecule has 0 amide bonds. The topological polar surface area (TPSA) is 0 Å². The van der Waals surface area contributed by atoms with Crippen molar-refractivity contribution in [3.63, 3.8) is 0 Å². The molecule has 0 bridgehead atoms. The van der Waals surface area contributed by atoms with Crippen LogP contribution in [0.2, 0.25) is 0 Å². The first-order valence-electron chi connectivity index (χ1n) is 6.58. The molecule has 1 aromatic rings. The molecule has 0 atom stereocenters. The molecule has 1 aliphatic rings. The Morgan fingerprint density at radius 3 is 2.00 bits per heavy atom. The highest BCUT2D eigenvalue weighted by molar-refractivity contribution is 5.23. The summed E-state index contributed by atoms with van der Waals surface area (Å²) < 4.78 is 63.3. The number of hydrogen-bond acceptors (Lipinski definition) is 0. The highest BCUT2D eigenvalue weighted by atomic mass is 19.3. The van der Waals surface area contributed by atoms with Gasteiger partial charge in [-0.05, 0) is 61.3 Å². The van der Waals surface area contributed by atoms with Crippen LogP contribution in [0.15, 0.2) is 24.3 Å². The lowest BCUT2D eigenvalue weighted by Crippen LogP contribution is -2.12. The van der Waals surface area contributed by atoms with E-state index in [1.807, 2.05) is 0 Å². The van der Waals surface area contributed by atoms with E-state index in [0.717, 1.165) is 18.2 Å². The highest BCUT2D eigenvalue weighted by Crippen LogP contribution is 2.37. The fraction of sp³-hybridized carbons (Fsp3) is 0.467. The Kier molecular flexibility index (Phi) is 4.78. The first-order valence-corrected chi connectivity index (χ1v) is 6.58. The summed E-state index contributed by atoms with van der Waals surface area (Å²) in [4.78, 5) is 0. The number of alkyl halides is 2. The Bertz CT molecular complexity index is 464. The lowest BCUT2D eigenvalue weighted by atomic mass is 9.78. The maximum absolute atomic E-state index is 13.2. The Balaban J connectivity index is 2.00. The largest absolute Gasteiger partial charge is 0.257 e. The van der Waals surface area contributed by atoms with Crippen molar-refractivity contribution in [1.29, 1.82) is 0 Å². The quantitative estimate of drug-likeness (QED) is 0.408. The maximum atomic E-state index is 13.2. The Morgan fingerprint density at radius 2 is 1.50 bits per heavy atom. The molecule has 0 spiro atoms. The molecule has 1 saturated carbocycles. The average Bonchev–Trinajstić information content (AvgIpc) is 2.42. The van der Waals surface area contributed by atoms with E-state index in [4.69, 9.17) is 0 Å². The summed E-state index contributed by atoms with van der Waals surface area (Å²) in [5, 5.41) is 0. The lowest BCUT2D eigenvalue weighted by molar-refractivity contribution is 0.202. The third-order valence-corrected chi connectivity index (χ3v) is 3.78. The molecule has 5 heteroatoms. The van der Waals surface area contributed by atoms with Crippen LogP contribution in [0.25, 0.3) is 0 Å². The lowest BCUT2D eigenvalue weighted by Gasteiger charge is -2.27. The third-order valence-electron chi connectivity index (χ3n) is 3.78. The summed E-state index contributed by atoms with van der Waals surface area (Å²) >= 11 is 0. The van der Waals surface area contributed by atoms with Gasteiger partial charge < -0.3 is 0 Å². The van der Waals surface area contributed by atoms with Gasteiger partial charge in [0.1, 0.15) is 0 Å². The molecule has 0 nitrogen and oxygen atoms in total. The molecule has 1 aromatic carbocycles. The predicted octanol–water partition coefficient (Wildman–Crippen LogP) is 5.20. The van der Waals surface area contributed by atoms with Crippen molar-refractivity contribution < 1.29 is 22.0 Å². The second-order valence-corrected chi connectivity index (χ2v) is 5.13. The van der Waals surface area contributed by atoms with E-state index >= 15 is 0 Å². The molecule has 2 rings (SSSR count). The van der Waals surface area contributed by atoms with E-state index in [1.54, 1.807) is 0 Å². The minimum Gasteiger partial charge on any atom is -0.206 e. The zero-order valence-corrected chi connectivity index (χ0v) is 10.8. The predicted molar refractivity (Wildman–Crippen MR) is 66.2 cm³/mol. The van der Waals surface area contributed by atoms with Crippen molar-refractivity contribution >= 4 is 0 Å². The second kappa shape index (κ2) is 6.37. The zero-order valence-electron chi connectivity index (χ0n) is 10.8. The second-order valence-electron chi connectivity index (χ2n) is 5.13. The van der Waals surface area contributed by atoms with Crippen LogP contribution in [0.5, 0.6) is 0 Å². The van der Waals surface area contributed by atoms with Crippen molar-refractivity contribution in [2.45, 2.75) is 38.0 Å². The average molecular weight is 290 g/mol. The van der Waals surface area contributed by atoms with Gasteiger partial charge in [-0.3, -0.25) is 0 Å². The van der Waals surface area contributed by atoms with Crippen LogP contribution in [-0.2, 0) is 0 Å². The molecule has 0 heterocycles. The molecule has 1 aliphatic carbocycles. The van der Waals surface area contributed by atoms with Gasteiger partial charge in [0.15, 0.2) is 17.5 Å². The van der Waals surface area contributed by atoms with Gasteiger partial charge in [-0.2, -0.15) is 0 Å². The Hall–Kier alpha value is -1.39. The SMILES string of the molecule is Fc1cc([C@H]2CC[C@H](C=CC(F)F)CC2)cc(F)c1F. The Morgan fingerprint density at radius 1 is 0.950 bits per heavy atom. The van der Waals surface area contributed by atoms with Crippen molar-refractivity contribution in [3.05, 3.63) is 47.3 Å². The summed E-state index contributed by atoms with van der Waals surface area (Å²) in [6.45, 7) is 0. The fourth-order valence-corrected chi connectivity index (χ4v) is 2.70. The van der Waals surface area contributed by atoms with Crippen LogP contribution in [0, 0.1) is 23.4 Å². The molecule has 1 fully saturated rings. The summed E-state index contributed by atoms with van der Waals surface area (Å²) in [6, 6.07) is 2.05. The van der Waals surface area contributed by atoms with Crippen LogP contribution >= 0.6 is 0 Å². The van der Waals surface area contributed by atoms with Gasteiger partial charge in [-0.25, -0.2) is 22.0 Å². The molecule has 110 valence electrons. The van der Waals surface area contributed by atoms with Gasteiger partial charge in [0.05, 0.1) is 0 Å². The van der Waals surface area contributed by atoms with Crippen LogP contribution < -0.4 is 0 Å². The van der Waals surface area contributed by atoms with Crippen molar-refractivity contribution in [1.82, 2.24) is 0 Å². The Labute approximate surface area is 114 Å². The van der Waals surface area contributed by atoms with E-state index in [2.05, 4.69) is 0 Å². The number of benzene rings is 1. The van der Waals surface area contributed by atoms with E-state index in [-0.39, 0.29) is 11.8 Å². The summed E-state index contributed by atoms with van der Waals surface area (Å²) in [5.74, 6) is -3.78. The minimum atomic E-state index is -2.45. The summed E-state index contributed by atoms with van der Waals surface area (Å²) in [6.07, 6.45) is 2.62. The summed E-state index contributed by atoms with van der Waals surface area (Å²) in [7, 11) is 0. The van der Waals surface area contributed by atoms with Gasteiger partial charge >= 0.3 is 0 Å². The van der Waals surface area contributed by atoms with E-state index in [9.17, 15) is 22.0 Å². The van der Waals surface area contributed by atoms with E-state index in [0.29, 0.717) is 31.2 Å². The molecule has 0 saturated heterocycles. The molecular weight excluding hydrogens is 275 g/mol. The fourth-order valence-electron chi connectivity index (χ4n) is 2.70. The standard InChI is InChI=1S/C15H15F5/c16-12-7-11(8-13(17)15(12)20)10-4-1-9(2-5-10)3-6-14(18)19/h3,6-10,14H,1-2,4-5H2/t9-,10-. The first-order chi connectivity index (χ1) is 9.47. The zero-order chi connectivity index (χ0) is 14.7. The number of allylic oxidation sites excluding steroid dienone is 2. The number of halogens is 5. The number of rotatable bonds is 3. The first kappa shape index (κ1) is 15.0. The molecule has 0 radical (unpaired) electrons. The molecule has 0 aliphatic heterocycles. The minimum absolute atomic E-state index is 0.0456. The van der Waals surface area contributed by atoms with E-state index in [1.165, 1.54) is 6.08 Å². The molecule has 0 N–H and O–H groups in total. The smallest absolute Gasteiger partial charge is 0.206 e. The van der Waals surface area contributed by atoms with Crippen LogP contribution in [0.1, 0.15) is 37.2 Å². The van der Waals surface area contributed by atoms with Gasteiger partial charge in [-0.15, -0.1) is 0 Å². The third kappa shape index (κ3) is 3.58. The maximum Gasteiger partial charge on any atom is 0.257 e. The van der Waals surface area contributed by atoms with Crippen LogP contribution in [0.3, 0.4) is 0 Å². The van der Waals surface area contributed by atoms with Crippen molar-refractivity contribution in [3.8, 4) is 0 Å². The molecular formula is C15H15F5. The summed E-state index contributed by atoms with van der Waals surface area (Å²) in [5.41, 5.74) is 0.442. The van der Waals surface area contributed by atoms with Gasteiger partial charge in [0.25, 0.3) is 6.43 Å². The molecule has 20 heavy (non-hydrogen) atoms. The molecule has 0 aromatic heterocycles. The normalized spacial score (nSPS) is 23.7. The highest BCUT2D eigenvalue weighted by Gasteiger charge is 2.23. The monoisotopic (exact) mass is 290 g/mol. The molecule has 0 unspecified atom stereocenters. The van der Waals surface area contributed by atoms with Crippen molar-refractivity contribution in [2.75, 3.05) is 0 Å². The van der Waals surface area contributed by atoms with Crippen molar-refractivity contribution in [2.24, 2.45) is 5.92 Å². The number of hydrogen-bond donors (Lipinski definition) is 0. The van der Waals surface area contributed by atoms with Gasteiger partial charge in [-0.1, -0.05) is 6.08 Å².